The molecule has 0 radical (unpaired) electrons. The number of carbonyl (C=O) groups is 2. The molecule has 1 aliphatic heterocycles. The standard InChI is InChI=1S/C23H24N3O2PS/c1-14-17-6-4-7-18(29)22(17)30-19(14)13-26(2)21(28)10-9-15-11-16-5-3-8-20(27)25-23(16)24-12-15/h4,6-7,9-12H,3,5,8,13,29H2,1-2H3,(H,24,25,27)/b10-9+. The van der Waals surface area contributed by atoms with Crippen molar-refractivity contribution in [2.75, 3.05) is 12.4 Å². The van der Waals surface area contributed by atoms with Crippen molar-refractivity contribution >= 4 is 59.7 Å². The van der Waals surface area contributed by atoms with E-state index in [1.165, 1.54) is 25.8 Å². The SMILES string of the molecule is Cc1c(CN(C)C(=O)/C=C/c2cnc3c(c2)CCCC(=O)N3)sc2c(P)cccc12. The van der Waals surface area contributed by atoms with Crippen LogP contribution in [0.25, 0.3) is 16.2 Å². The molecule has 4 rings (SSSR count). The van der Waals surface area contributed by atoms with Gasteiger partial charge in [-0.2, -0.15) is 0 Å². The summed E-state index contributed by atoms with van der Waals surface area (Å²) in [6.07, 6.45) is 7.19. The molecule has 5 nitrogen and oxygen atoms in total. The number of pyridine rings is 1. The second-order valence-electron chi connectivity index (χ2n) is 7.58. The number of likely N-dealkylation sites (N-methyl/N-ethyl adjacent to an activating group) is 1. The fraction of sp³-hybridized carbons (Fsp3) is 0.261. The first-order chi connectivity index (χ1) is 14.4. The van der Waals surface area contributed by atoms with E-state index < -0.39 is 0 Å². The van der Waals surface area contributed by atoms with Crippen LogP contribution < -0.4 is 10.6 Å². The molecule has 0 aliphatic carbocycles. The summed E-state index contributed by atoms with van der Waals surface area (Å²) < 4.78 is 1.26. The van der Waals surface area contributed by atoms with E-state index in [0.29, 0.717) is 18.8 Å². The van der Waals surface area contributed by atoms with Crippen LogP contribution in [0.3, 0.4) is 0 Å². The fourth-order valence-corrected chi connectivity index (χ4v) is 5.34. The third-order valence-corrected chi connectivity index (χ3v) is 7.40. The van der Waals surface area contributed by atoms with Gasteiger partial charge < -0.3 is 10.2 Å². The van der Waals surface area contributed by atoms with Gasteiger partial charge in [0.05, 0.1) is 6.54 Å². The van der Waals surface area contributed by atoms with Crippen LogP contribution in [0, 0.1) is 6.92 Å². The van der Waals surface area contributed by atoms with Gasteiger partial charge in [-0.15, -0.1) is 20.6 Å². The topological polar surface area (TPSA) is 62.3 Å². The summed E-state index contributed by atoms with van der Waals surface area (Å²) >= 11 is 1.75. The van der Waals surface area contributed by atoms with Crippen molar-refractivity contribution in [3.63, 3.8) is 0 Å². The third kappa shape index (κ3) is 4.30. The maximum absolute atomic E-state index is 12.7. The quantitative estimate of drug-likeness (QED) is 0.495. The largest absolute Gasteiger partial charge is 0.337 e. The molecular formula is C23H24N3O2PS. The minimum Gasteiger partial charge on any atom is -0.337 e. The third-order valence-electron chi connectivity index (χ3n) is 5.36. The highest BCUT2D eigenvalue weighted by atomic mass is 32.1. The first-order valence-corrected chi connectivity index (χ1v) is 11.3. The first kappa shape index (κ1) is 20.7. The molecule has 1 N–H and O–H groups in total. The van der Waals surface area contributed by atoms with Gasteiger partial charge in [-0.1, -0.05) is 18.2 Å². The van der Waals surface area contributed by atoms with Gasteiger partial charge in [0.15, 0.2) is 0 Å². The van der Waals surface area contributed by atoms with Gasteiger partial charge in [0.2, 0.25) is 11.8 Å². The minimum atomic E-state index is -0.0544. The van der Waals surface area contributed by atoms with Crippen molar-refractivity contribution in [2.45, 2.75) is 32.7 Å². The molecule has 0 saturated carbocycles. The lowest BCUT2D eigenvalue weighted by atomic mass is 10.1. The lowest BCUT2D eigenvalue weighted by Crippen LogP contribution is -2.23. The number of amides is 2. The molecule has 0 spiro atoms. The Hall–Kier alpha value is -2.56. The summed E-state index contributed by atoms with van der Waals surface area (Å²) in [4.78, 5) is 31.6. The van der Waals surface area contributed by atoms with Crippen LogP contribution in [0.15, 0.2) is 36.5 Å². The second kappa shape index (κ2) is 8.66. The first-order valence-electron chi connectivity index (χ1n) is 9.91. The van der Waals surface area contributed by atoms with Gasteiger partial charge in [0, 0.05) is 35.3 Å². The maximum Gasteiger partial charge on any atom is 0.246 e. The Morgan fingerprint density at radius 3 is 3.00 bits per heavy atom. The highest BCUT2D eigenvalue weighted by molar-refractivity contribution is 7.32. The Morgan fingerprint density at radius 2 is 2.20 bits per heavy atom. The Morgan fingerprint density at radius 1 is 1.37 bits per heavy atom. The number of thiophene rings is 1. The lowest BCUT2D eigenvalue weighted by Gasteiger charge is -2.14. The summed E-state index contributed by atoms with van der Waals surface area (Å²) in [7, 11) is 4.61. The molecule has 3 heterocycles. The maximum atomic E-state index is 12.7. The van der Waals surface area contributed by atoms with Crippen LogP contribution in [0.5, 0.6) is 0 Å². The molecule has 0 fully saturated rings. The molecule has 2 amide bonds. The van der Waals surface area contributed by atoms with Crippen LogP contribution in [0.1, 0.15) is 34.4 Å². The predicted octanol–water partition coefficient (Wildman–Crippen LogP) is 4.05. The molecule has 1 atom stereocenters. The summed E-state index contributed by atoms with van der Waals surface area (Å²) in [5.74, 6) is 0.583. The molecule has 1 unspecified atom stereocenters. The van der Waals surface area contributed by atoms with Gasteiger partial charge in [-0.05, 0) is 59.3 Å². The van der Waals surface area contributed by atoms with Gasteiger partial charge >= 0.3 is 0 Å². The van der Waals surface area contributed by atoms with Crippen LogP contribution in [0.4, 0.5) is 5.82 Å². The van der Waals surface area contributed by atoms with E-state index in [4.69, 9.17) is 0 Å². The number of benzene rings is 1. The molecule has 1 aliphatic rings. The van der Waals surface area contributed by atoms with E-state index in [9.17, 15) is 9.59 Å². The van der Waals surface area contributed by atoms with Crippen LogP contribution in [0.2, 0.25) is 0 Å². The Bertz CT molecular complexity index is 1170. The van der Waals surface area contributed by atoms with Crippen LogP contribution in [-0.2, 0) is 22.6 Å². The average Bonchev–Trinajstić information content (AvgIpc) is 2.92. The van der Waals surface area contributed by atoms with Crippen LogP contribution >= 0.6 is 20.6 Å². The molecule has 3 aromatic rings. The van der Waals surface area contributed by atoms with E-state index >= 15 is 0 Å². The number of fused-ring (bicyclic) bond motifs is 2. The Labute approximate surface area is 182 Å². The molecular weight excluding hydrogens is 413 g/mol. The molecule has 30 heavy (non-hydrogen) atoms. The Balaban J connectivity index is 1.47. The molecule has 2 aromatic heterocycles. The lowest BCUT2D eigenvalue weighted by molar-refractivity contribution is -0.125. The summed E-state index contributed by atoms with van der Waals surface area (Å²) in [6.45, 7) is 2.69. The number of nitrogens with one attached hydrogen (secondary N) is 1. The van der Waals surface area contributed by atoms with E-state index in [0.717, 1.165) is 24.0 Å². The van der Waals surface area contributed by atoms with E-state index in [-0.39, 0.29) is 11.8 Å². The number of aryl methyl sites for hydroxylation is 2. The summed E-state index contributed by atoms with van der Waals surface area (Å²) in [6, 6.07) is 8.28. The van der Waals surface area contributed by atoms with Crippen molar-refractivity contribution in [3.8, 4) is 0 Å². The highest BCUT2D eigenvalue weighted by Gasteiger charge is 2.15. The smallest absolute Gasteiger partial charge is 0.246 e. The van der Waals surface area contributed by atoms with Crippen molar-refractivity contribution in [1.29, 1.82) is 0 Å². The van der Waals surface area contributed by atoms with Gasteiger partial charge in [-0.25, -0.2) is 4.98 Å². The summed E-state index contributed by atoms with van der Waals surface area (Å²) in [5, 5.41) is 5.27. The number of carbonyl (C=O) groups excluding carboxylic acids is 2. The molecule has 154 valence electrons. The minimum absolute atomic E-state index is 0.00617. The monoisotopic (exact) mass is 437 g/mol. The normalized spacial score (nSPS) is 13.9. The Kier molecular flexibility index (Phi) is 5.98. The number of hydrogen-bond acceptors (Lipinski definition) is 4. The van der Waals surface area contributed by atoms with Gasteiger partial charge in [0.25, 0.3) is 0 Å². The predicted molar refractivity (Wildman–Crippen MR) is 127 cm³/mol. The zero-order valence-corrected chi connectivity index (χ0v) is 19.0. The second-order valence-corrected chi connectivity index (χ2v) is 9.31. The number of aromatic nitrogens is 1. The zero-order valence-electron chi connectivity index (χ0n) is 17.1. The number of rotatable bonds is 4. The molecule has 1 aromatic carbocycles. The van der Waals surface area contributed by atoms with Gasteiger partial charge in [-0.3, -0.25) is 9.59 Å². The number of nitrogens with zero attached hydrogens (tertiary/aromatic N) is 2. The van der Waals surface area contributed by atoms with E-state index in [1.54, 1.807) is 34.6 Å². The molecule has 0 bridgehead atoms. The average molecular weight is 438 g/mol. The van der Waals surface area contributed by atoms with E-state index in [1.807, 2.05) is 13.1 Å². The van der Waals surface area contributed by atoms with Crippen molar-refractivity contribution in [1.82, 2.24) is 9.88 Å². The highest BCUT2D eigenvalue weighted by Crippen LogP contribution is 2.31. The molecule has 0 saturated heterocycles. The number of anilines is 1. The molecule has 7 heteroatoms. The van der Waals surface area contributed by atoms with Gasteiger partial charge in [0.1, 0.15) is 5.82 Å². The fourth-order valence-electron chi connectivity index (χ4n) is 3.61. The van der Waals surface area contributed by atoms with Crippen molar-refractivity contribution < 1.29 is 9.59 Å². The zero-order chi connectivity index (χ0) is 21.3. The van der Waals surface area contributed by atoms with Crippen molar-refractivity contribution in [2.24, 2.45) is 0 Å². The van der Waals surface area contributed by atoms with E-state index in [2.05, 4.69) is 44.7 Å². The summed E-state index contributed by atoms with van der Waals surface area (Å²) in [5.41, 5.74) is 3.11. The number of hydrogen-bond donors (Lipinski definition) is 1. The van der Waals surface area contributed by atoms with Crippen LogP contribution in [-0.4, -0.2) is 28.7 Å². The van der Waals surface area contributed by atoms with Crippen molar-refractivity contribution in [3.05, 3.63) is 58.1 Å².